The van der Waals surface area contributed by atoms with Crippen LogP contribution in [-0.2, 0) is 11.2 Å². The lowest BCUT2D eigenvalue weighted by molar-refractivity contribution is -0.111. The summed E-state index contributed by atoms with van der Waals surface area (Å²) in [5.41, 5.74) is 8.07. The predicted octanol–water partition coefficient (Wildman–Crippen LogP) is 2.76. The van der Waals surface area contributed by atoms with Gasteiger partial charge in [0, 0.05) is 7.05 Å². The molecule has 0 aliphatic rings. The highest BCUT2D eigenvalue weighted by Gasteiger charge is 2.11. The first kappa shape index (κ1) is 15.2. The molecule has 0 saturated carbocycles. The van der Waals surface area contributed by atoms with Crippen molar-refractivity contribution in [3.8, 4) is 0 Å². The Morgan fingerprint density at radius 2 is 2.00 bits per heavy atom. The lowest BCUT2D eigenvalue weighted by atomic mass is 9.91. The number of rotatable bonds is 6. The van der Waals surface area contributed by atoms with Gasteiger partial charge in [-0.05, 0) is 30.4 Å². The minimum atomic E-state index is -0.476. The quantitative estimate of drug-likeness (QED) is 0.784. The van der Waals surface area contributed by atoms with Crippen LogP contribution >= 0.6 is 0 Å². The van der Waals surface area contributed by atoms with E-state index < -0.39 is 5.91 Å². The molecule has 0 fully saturated rings. The molecule has 0 heterocycles. The number of hydrogen-bond donors (Lipinski definition) is 1. The molecule has 19 heavy (non-hydrogen) atoms. The summed E-state index contributed by atoms with van der Waals surface area (Å²) in [5, 5.41) is 0. The van der Waals surface area contributed by atoms with Gasteiger partial charge < -0.3 is 5.73 Å². The number of primary amides is 1. The standard InChI is InChI=1S/C16H22N2O/c1-4-12(2)14(11-15(18-3)16(17)19)10-13-8-6-5-7-9-13/h5-9,11-12H,4,10H2,1-3H3,(H2,17,19)/b14-11-,18-15?. The van der Waals surface area contributed by atoms with Gasteiger partial charge in [0.15, 0.2) is 0 Å². The average Bonchev–Trinajstić information content (AvgIpc) is 2.43. The fourth-order valence-electron chi connectivity index (χ4n) is 1.88. The molecule has 0 bridgehead atoms. The number of aliphatic imine (C=N–C) groups is 1. The highest BCUT2D eigenvalue weighted by atomic mass is 16.1. The van der Waals surface area contributed by atoms with Crippen molar-refractivity contribution in [1.29, 1.82) is 0 Å². The van der Waals surface area contributed by atoms with Gasteiger partial charge in [-0.25, -0.2) is 0 Å². The van der Waals surface area contributed by atoms with Crippen LogP contribution in [0.1, 0.15) is 25.8 Å². The van der Waals surface area contributed by atoms with Gasteiger partial charge in [-0.1, -0.05) is 49.8 Å². The summed E-state index contributed by atoms with van der Waals surface area (Å²) in [6.07, 6.45) is 3.68. The van der Waals surface area contributed by atoms with E-state index in [-0.39, 0.29) is 0 Å². The van der Waals surface area contributed by atoms with Gasteiger partial charge in [-0.2, -0.15) is 0 Å². The first-order valence-corrected chi connectivity index (χ1v) is 6.59. The zero-order chi connectivity index (χ0) is 14.3. The van der Waals surface area contributed by atoms with Gasteiger partial charge >= 0.3 is 0 Å². The summed E-state index contributed by atoms with van der Waals surface area (Å²) >= 11 is 0. The zero-order valence-electron chi connectivity index (χ0n) is 11.9. The molecule has 1 aromatic carbocycles. The molecule has 0 saturated heterocycles. The molecular formula is C16H22N2O. The number of benzene rings is 1. The topological polar surface area (TPSA) is 55.4 Å². The summed E-state index contributed by atoms with van der Waals surface area (Å²) in [6, 6.07) is 10.2. The van der Waals surface area contributed by atoms with Crippen molar-refractivity contribution in [2.24, 2.45) is 16.6 Å². The molecule has 1 atom stereocenters. The third kappa shape index (κ3) is 4.70. The van der Waals surface area contributed by atoms with Crippen LogP contribution in [0.25, 0.3) is 0 Å². The fraction of sp³-hybridized carbons (Fsp3) is 0.375. The van der Waals surface area contributed by atoms with Crippen molar-refractivity contribution >= 4 is 11.6 Å². The minimum Gasteiger partial charge on any atom is -0.364 e. The van der Waals surface area contributed by atoms with Crippen LogP contribution in [0.4, 0.5) is 0 Å². The first-order chi connectivity index (χ1) is 9.08. The second-order valence-corrected chi connectivity index (χ2v) is 4.66. The van der Waals surface area contributed by atoms with Crippen molar-refractivity contribution in [3.05, 3.63) is 47.5 Å². The smallest absolute Gasteiger partial charge is 0.266 e. The van der Waals surface area contributed by atoms with Crippen LogP contribution in [0.2, 0.25) is 0 Å². The second-order valence-electron chi connectivity index (χ2n) is 4.66. The second kappa shape index (κ2) is 7.52. The Hall–Kier alpha value is -1.90. The maximum absolute atomic E-state index is 11.3. The summed E-state index contributed by atoms with van der Waals surface area (Å²) in [4.78, 5) is 15.2. The predicted molar refractivity (Wildman–Crippen MR) is 80.2 cm³/mol. The average molecular weight is 258 g/mol. The zero-order valence-corrected chi connectivity index (χ0v) is 11.9. The minimum absolute atomic E-state index is 0.339. The number of amides is 1. The summed E-state index contributed by atoms with van der Waals surface area (Å²) in [7, 11) is 1.59. The molecule has 2 N–H and O–H groups in total. The molecule has 0 spiro atoms. The SMILES string of the molecule is CCC(C)/C(=C\C(=NC)C(N)=O)Cc1ccccc1. The number of allylic oxidation sites excluding steroid dienone is 1. The summed E-state index contributed by atoms with van der Waals surface area (Å²) < 4.78 is 0. The van der Waals surface area contributed by atoms with Gasteiger partial charge in [0.2, 0.25) is 0 Å². The van der Waals surface area contributed by atoms with E-state index in [0.717, 1.165) is 12.8 Å². The van der Waals surface area contributed by atoms with Crippen LogP contribution in [-0.4, -0.2) is 18.7 Å². The highest BCUT2D eigenvalue weighted by Crippen LogP contribution is 2.19. The van der Waals surface area contributed by atoms with E-state index in [1.807, 2.05) is 24.3 Å². The lowest BCUT2D eigenvalue weighted by Gasteiger charge is -2.14. The third-order valence-corrected chi connectivity index (χ3v) is 3.31. The van der Waals surface area contributed by atoms with E-state index >= 15 is 0 Å². The summed E-state index contributed by atoms with van der Waals surface area (Å²) in [6.45, 7) is 4.29. The molecule has 1 aromatic rings. The maximum Gasteiger partial charge on any atom is 0.266 e. The van der Waals surface area contributed by atoms with E-state index in [1.54, 1.807) is 7.05 Å². The number of nitrogens with zero attached hydrogens (tertiary/aromatic N) is 1. The van der Waals surface area contributed by atoms with Crippen LogP contribution < -0.4 is 5.73 Å². The summed E-state index contributed by atoms with van der Waals surface area (Å²) in [5.74, 6) is -0.0762. The van der Waals surface area contributed by atoms with Crippen LogP contribution in [0.15, 0.2) is 47.0 Å². The molecule has 0 aromatic heterocycles. The Kier molecular flexibility index (Phi) is 6.00. The Balaban J connectivity index is 3.02. The van der Waals surface area contributed by atoms with Gasteiger partial charge in [0.05, 0.1) is 0 Å². The van der Waals surface area contributed by atoms with E-state index in [0.29, 0.717) is 11.6 Å². The molecule has 3 heteroatoms. The van der Waals surface area contributed by atoms with Crippen LogP contribution in [0.3, 0.4) is 0 Å². The largest absolute Gasteiger partial charge is 0.364 e. The van der Waals surface area contributed by atoms with E-state index in [9.17, 15) is 4.79 Å². The third-order valence-electron chi connectivity index (χ3n) is 3.31. The van der Waals surface area contributed by atoms with E-state index in [1.165, 1.54) is 11.1 Å². The Labute approximate surface area is 115 Å². The monoisotopic (exact) mass is 258 g/mol. The first-order valence-electron chi connectivity index (χ1n) is 6.59. The Morgan fingerprint density at radius 3 is 2.47 bits per heavy atom. The van der Waals surface area contributed by atoms with Crippen molar-refractivity contribution in [2.45, 2.75) is 26.7 Å². The molecule has 0 aliphatic heterocycles. The van der Waals surface area contributed by atoms with Crippen molar-refractivity contribution in [1.82, 2.24) is 0 Å². The molecule has 1 rings (SSSR count). The number of carbonyl (C=O) groups excluding carboxylic acids is 1. The number of carbonyl (C=O) groups is 1. The van der Waals surface area contributed by atoms with Gasteiger partial charge in [0.25, 0.3) is 5.91 Å². The fourth-order valence-corrected chi connectivity index (χ4v) is 1.88. The van der Waals surface area contributed by atoms with Gasteiger partial charge in [-0.3, -0.25) is 9.79 Å². The molecule has 3 nitrogen and oxygen atoms in total. The molecule has 1 amide bonds. The molecular weight excluding hydrogens is 236 g/mol. The van der Waals surface area contributed by atoms with Crippen molar-refractivity contribution in [3.63, 3.8) is 0 Å². The van der Waals surface area contributed by atoms with Crippen molar-refractivity contribution in [2.75, 3.05) is 7.05 Å². The maximum atomic E-state index is 11.3. The van der Waals surface area contributed by atoms with E-state index in [4.69, 9.17) is 5.73 Å². The molecule has 102 valence electrons. The van der Waals surface area contributed by atoms with Crippen molar-refractivity contribution < 1.29 is 4.79 Å². The molecule has 0 radical (unpaired) electrons. The van der Waals surface area contributed by atoms with Crippen LogP contribution in [0, 0.1) is 5.92 Å². The van der Waals surface area contributed by atoms with Gasteiger partial charge in [-0.15, -0.1) is 0 Å². The van der Waals surface area contributed by atoms with E-state index in [2.05, 4.69) is 31.0 Å². The van der Waals surface area contributed by atoms with Crippen LogP contribution in [0.5, 0.6) is 0 Å². The van der Waals surface area contributed by atoms with Gasteiger partial charge in [0.1, 0.15) is 5.71 Å². The lowest BCUT2D eigenvalue weighted by Crippen LogP contribution is -2.22. The molecule has 0 aliphatic carbocycles. The molecule has 1 unspecified atom stereocenters. The normalized spacial score (nSPS) is 14.3. The number of hydrogen-bond acceptors (Lipinski definition) is 2. The number of nitrogens with two attached hydrogens (primary N) is 1. The highest BCUT2D eigenvalue weighted by molar-refractivity contribution is 6.42. The Bertz CT molecular complexity index is 475. The Morgan fingerprint density at radius 1 is 1.37 bits per heavy atom.